The van der Waals surface area contributed by atoms with Crippen LogP contribution >= 0.6 is 0 Å². The van der Waals surface area contributed by atoms with Gasteiger partial charge in [-0.3, -0.25) is 0 Å². The Morgan fingerprint density at radius 3 is 2.50 bits per heavy atom. The van der Waals surface area contributed by atoms with Crippen molar-refractivity contribution in [1.82, 2.24) is 13.9 Å². The smallest absolute Gasteiger partial charge is 0.282 e. The van der Waals surface area contributed by atoms with Crippen molar-refractivity contribution in [2.45, 2.75) is 13.0 Å². The van der Waals surface area contributed by atoms with Gasteiger partial charge in [-0.1, -0.05) is 0 Å². The van der Waals surface area contributed by atoms with Crippen molar-refractivity contribution in [3.8, 4) is 0 Å². The molecule has 0 saturated carbocycles. The monoisotopic (exact) mass is 251 g/mol. The zero-order valence-corrected chi connectivity index (χ0v) is 11.0. The number of nitrogens with zero attached hydrogens (tertiary/aromatic N) is 2. The van der Waals surface area contributed by atoms with Gasteiger partial charge in [-0.2, -0.15) is 17.0 Å². The quantitative estimate of drug-likeness (QED) is 0.688. The van der Waals surface area contributed by atoms with Gasteiger partial charge in [0.15, 0.2) is 0 Å². The minimum absolute atomic E-state index is 0.148. The SMILES string of the molecule is COCC(C)N(C)S(=O)(=O)N1CCNCC1. The Balaban J connectivity index is 2.67. The van der Waals surface area contributed by atoms with Crippen molar-refractivity contribution >= 4 is 10.2 Å². The standard InChI is InChI=1S/C9H21N3O3S/c1-9(8-15-3)11(2)16(13,14)12-6-4-10-5-7-12/h9-10H,4-8H2,1-3H3. The molecule has 1 fully saturated rings. The lowest BCUT2D eigenvalue weighted by atomic mass is 10.4. The summed E-state index contributed by atoms with van der Waals surface area (Å²) >= 11 is 0. The third-order valence-corrected chi connectivity index (χ3v) is 4.90. The summed E-state index contributed by atoms with van der Waals surface area (Å²) < 4.78 is 32.2. The molecule has 96 valence electrons. The fraction of sp³-hybridized carbons (Fsp3) is 1.00. The van der Waals surface area contributed by atoms with E-state index >= 15 is 0 Å². The maximum atomic E-state index is 12.2. The zero-order valence-electron chi connectivity index (χ0n) is 10.1. The van der Waals surface area contributed by atoms with E-state index < -0.39 is 10.2 Å². The lowest BCUT2D eigenvalue weighted by Gasteiger charge is -2.33. The number of piperazine rings is 1. The Morgan fingerprint density at radius 2 is 2.00 bits per heavy atom. The van der Waals surface area contributed by atoms with Crippen molar-refractivity contribution in [2.24, 2.45) is 0 Å². The molecule has 0 aromatic heterocycles. The van der Waals surface area contributed by atoms with E-state index in [4.69, 9.17) is 4.74 Å². The molecule has 0 aliphatic carbocycles. The molecule has 6 nitrogen and oxygen atoms in total. The highest BCUT2D eigenvalue weighted by molar-refractivity contribution is 7.86. The van der Waals surface area contributed by atoms with E-state index in [-0.39, 0.29) is 6.04 Å². The molecule has 1 atom stereocenters. The van der Waals surface area contributed by atoms with Crippen molar-refractivity contribution in [2.75, 3.05) is 46.9 Å². The molecule has 0 radical (unpaired) electrons. The summed E-state index contributed by atoms with van der Waals surface area (Å²) in [4.78, 5) is 0. The first-order valence-electron chi connectivity index (χ1n) is 5.43. The summed E-state index contributed by atoms with van der Waals surface area (Å²) in [6, 6.07) is -0.148. The first-order valence-corrected chi connectivity index (χ1v) is 6.82. The first-order chi connectivity index (χ1) is 7.50. The lowest BCUT2D eigenvalue weighted by Crippen LogP contribution is -2.53. The van der Waals surface area contributed by atoms with Crippen LogP contribution in [0.2, 0.25) is 0 Å². The van der Waals surface area contributed by atoms with Crippen molar-refractivity contribution in [3.63, 3.8) is 0 Å². The largest absolute Gasteiger partial charge is 0.383 e. The summed E-state index contributed by atoms with van der Waals surface area (Å²) in [6.45, 7) is 4.74. The predicted octanol–water partition coefficient (Wildman–Crippen LogP) is -0.897. The van der Waals surface area contributed by atoms with Crippen molar-refractivity contribution in [3.05, 3.63) is 0 Å². The van der Waals surface area contributed by atoms with Gasteiger partial charge in [0.05, 0.1) is 6.61 Å². The molecular formula is C9H21N3O3S. The number of hydrogen-bond acceptors (Lipinski definition) is 4. The second kappa shape index (κ2) is 5.92. The minimum atomic E-state index is -3.34. The molecule has 0 amide bonds. The highest BCUT2D eigenvalue weighted by Gasteiger charge is 2.30. The Bertz CT molecular complexity index is 301. The fourth-order valence-corrected chi connectivity index (χ4v) is 3.15. The van der Waals surface area contributed by atoms with Crippen molar-refractivity contribution < 1.29 is 13.2 Å². The van der Waals surface area contributed by atoms with Gasteiger partial charge in [0, 0.05) is 46.4 Å². The Hall–Kier alpha value is -0.210. The molecule has 1 heterocycles. The molecular weight excluding hydrogens is 230 g/mol. The van der Waals surface area contributed by atoms with E-state index in [1.807, 2.05) is 6.92 Å². The molecule has 0 spiro atoms. The van der Waals surface area contributed by atoms with Gasteiger partial charge in [0.1, 0.15) is 0 Å². The molecule has 1 aliphatic heterocycles. The maximum Gasteiger partial charge on any atom is 0.282 e. The van der Waals surface area contributed by atoms with Gasteiger partial charge < -0.3 is 10.1 Å². The van der Waals surface area contributed by atoms with Gasteiger partial charge in [-0.15, -0.1) is 0 Å². The molecule has 1 rings (SSSR count). The van der Waals surface area contributed by atoms with Crippen LogP contribution in [0.5, 0.6) is 0 Å². The number of likely N-dealkylation sites (N-methyl/N-ethyl adjacent to an activating group) is 1. The van der Waals surface area contributed by atoms with Crippen molar-refractivity contribution in [1.29, 1.82) is 0 Å². The summed E-state index contributed by atoms with van der Waals surface area (Å²) in [5.41, 5.74) is 0. The predicted molar refractivity (Wildman–Crippen MR) is 62.5 cm³/mol. The summed E-state index contributed by atoms with van der Waals surface area (Å²) in [5, 5.41) is 3.13. The number of hydrogen-bond donors (Lipinski definition) is 1. The van der Waals surface area contributed by atoms with Crippen LogP contribution in [0.3, 0.4) is 0 Å². The summed E-state index contributed by atoms with van der Waals surface area (Å²) in [5.74, 6) is 0. The van der Waals surface area contributed by atoms with Gasteiger partial charge in [0.25, 0.3) is 10.2 Å². The fourth-order valence-electron chi connectivity index (χ4n) is 1.63. The van der Waals surface area contributed by atoms with Crippen LogP contribution in [0, 0.1) is 0 Å². The van der Waals surface area contributed by atoms with E-state index in [2.05, 4.69) is 5.32 Å². The molecule has 7 heteroatoms. The average Bonchev–Trinajstić information content (AvgIpc) is 2.29. The summed E-state index contributed by atoms with van der Waals surface area (Å²) in [7, 11) is -0.167. The minimum Gasteiger partial charge on any atom is -0.383 e. The van der Waals surface area contributed by atoms with Gasteiger partial charge in [-0.05, 0) is 6.92 Å². The average molecular weight is 251 g/mol. The highest BCUT2D eigenvalue weighted by atomic mass is 32.2. The number of nitrogens with one attached hydrogen (secondary N) is 1. The third kappa shape index (κ3) is 3.14. The van der Waals surface area contributed by atoms with Crippen LogP contribution in [0.1, 0.15) is 6.92 Å². The van der Waals surface area contributed by atoms with Gasteiger partial charge >= 0.3 is 0 Å². The number of methoxy groups -OCH3 is 1. The molecule has 1 N–H and O–H groups in total. The van der Waals surface area contributed by atoms with Crippen LogP contribution in [0.4, 0.5) is 0 Å². The molecule has 1 aliphatic rings. The van der Waals surface area contributed by atoms with E-state index in [0.29, 0.717) is 32.8 Å². The summed E-state index contributed by atoms with van der Waals surface area (Å²) in [6.07, 6.45) is 0. The second-order valence-corrected chi connectivity index (χ2v) is 5.97. The number of rotatable bonds is 5. The first kappa shape index (κ1) is 13.9. The Morgan fingerprint density at radius 1 is 1.44 bits per heavy atom. The van der Waals surface area contributed by atoms with Gasteiger partial charge in [-0.25, -0.2) is 0 Å². The van der Waals surface area contributed by atoms with Crippen LogP contribution in [-0.2, 0) is 14.9 Å². The van der Waals surface area contributed by atoms with Crippen LogP contribution in [0.25, 0.3) is 0 Å². The molecule has 0 aromatic rings. The van der Waals surface area contributed by atoms with Crippen LogP contribution in [-0.4, -0.2) is 70.0 Å². The van der Waals surface area contributed by atoms with Crippen LogP contribution < -0.4 is 5.32 Å². The van der Waals surface area contributed by atoms with Gasteiger partial charge in [0.2, 0.25) is 0 Å². The Kier molecular flexibility index (Phi) is 5.13. The molecule has 0 bridgehead atoms. The highest BCUT2D eigenvalue weighted by Crippen LogP contribution is 2.11. The molecule has 1 unspecified atom stereocenters. The molecule has 1 saturated heterocycles. The second-order valence-electron chi connectivity index (χ2n) is 3.98. The topological polar surface area (TPSA) is 61.9 Å². The van der Waals surface area contributed by atoms with E-state index in [1.54, 1.807) is 14.2 Å². The number of ether oxygens (including phenoxy) is 1. The normalized spacial score (nSPS) is 21.2. The Labute approximate surface area is 97.7 Å². The van der Waals surface area contributed by atoms with E-state index in [1.165, 1.54) is 8.61 Å². The maximum absolute atomic E-state index is 12.2. The molecule has 16 heavy (non-hydrogen) atoms. The van der Waals surface area contributed by atoms with E-state index in [9.17, 15) is 8.42 Å². The van der Waals surface area contributed by atoms with E-state index in [0.717, 1.165) is 0 Å². The molecule has 0 aromatic carbocycles. The zero-order chi connectivity index (χ0) is 12.2. The third-order valence-electron chi connectivity index (χ3n) is 2.79. The lowest BCUT2D eigenvalue weighted by molar-refractivity contribution is 0.145. The van der Waals surface area contributed by atoms with Crippen LogP contribution in [0.15, 0.2) is 0 Å².